The molecule has 5 nitrogen and oxygen atoms in total. The maximum absolute atomic E-state index is 12.1. The Morgan fingerprint density at radius 1 is 1.15 bits per heavy atom. The fourth-order valence-corrected chi connectivity index (χ4v) is 3.72. The minimum Gasteiger partial charge on any atom is -0.481 e. The van der Waals surface area contributed by atoms with Crippen LogP contribution in [0.2, 0.25) is 0 Å². The third-order valence-corrected chi connectivity index (χ3v) is 5.22. The molecule has 0 radical (unpaired) electrons. The molecule has 0 aliphatic heterocycles. The molecule has 0 aromatic carbocycles. The first kappa shape index (κ1) is 15.3. The molecule has 4 unspecified atom stereocenters. The third kappa shape index (κ3) is 2.82. The number of aliphatic hydroxyl groups excluding tert-OH is 1. The van der Waals surface area contributed by atoms with Crippen molar-refractivity contribution >= 4 is 11.9 Å². The molecular weight excluding hydrogens is 258 g/mol. The van der Waals surface area contributed by atoms with Gasteiger partial charge in [0, 0.05) is 13.2 Å². The van der Waals surface area contributed by atoms with Gasteiger partial charge in [0.15, 0.2) is 0 Å². The molecule has 4 atom stereocenters. The Morgan fingerprint density at radius 2 is 1.75 bits per heavy atom. The molecule has 2 aliphatic carbocycles. The second-order valence-corrected chi connectivity index (χ2v) is 6.85. The van der Waals surface area contributed by atoms with Crippen molar-refractivity contribution in [3.05, 3.63) is 0 Å². The molecule has 0 aromatic rings. The lowest BCUT2D eigenvalue weighted by Crippen LogP contribution is -2.37. The SMILES string of the molecule is CC1(C)C(C(=O)O)C1C(=O)NCC1CCCCC1CO. The van der Waals surface area contributed by atoms with Gasteiger partial charge < -0.3 is 15.5 Å². The van der Waals surface area contributed by atoms with E-state index < -0.39 is 23.2 Å². The predicted molar refractivity (Wildman–Crippen MR) is 73.9 cm³/mol. The van der Waals surface area contributed by atoms with E-state index in [-0.39, 0.29) is 18.4 Å². The summed E-state index contributed by atoms with van der Waals surface area (Å²) in [5.74, 6) is -1.43. The van der Waals surface area contributed by atoms with Crippen molar-refractivity contribution in [2.24, 2.45) is 29.1 Å². The zero-order valence-electron chi connectivity index (χ0n) is 12.3. The van der Waals surface area contributed by atoms with Crippen LogP contribution in [-0.4, -0.2) is 35.2 Å². The molecule has 2 fully saturated rings. The number of carbonyl (C=O) groups excluding carboxylic acids is 1. The number of nitrogens with one attached hydrogen (secondary N) is 1. The van der Waals surface area contributed by atoms with Crippen LogP contribution in [0.5, 0.6) is 0 Å². The summed E-state index contributed by atoms with van der Waals surface area (Å²) < 4.78 is 0. The zero-order valence-corrected chi connectivity index (χ0v) is 12.3. The molecule has 0 saturated heterocycles. The van der Waals surface area contributed by atoms with Gasteiger partial charge in [-0.3, -0.25) is 9.59 Å². The maximum Gasteiger partial charge on any atom is 0.307 e. The smallest absolute Gasteiger partial charge is 0.307 e. The lowest BCUT2D eigenvalue weighted by atomic mass is 9.79. The highest BCUT2D eigenvalue weighted by Gasteiger charge is 2.65. The van der Waals surface area contributed by atoms with Crippen molar-refractivity contribution in [1.29, 1.82) is 0 Å². The van der Waals surface area contributed by atoms with E-state index in [4.69, 9.17) is 5.11 Å². The van der Waals surface area contributed by atoms with Crippen LogP contribution in [0.25, 0.3) is 0 Å². The van der Waals surface area contributed by atoms with Crippen LogP contribution >= 0.6 is 0 Å². The number of aliphatic carboxylic acids is 1. The van der Waals surface area contributed by atoms with Gasteiger partial charge in [0.1, 0.15) is 0 Å². The number of carbonyl (C=O) groups is 2. The van der Waals surface area contributed by atoms with Crippen LogP contribution in [-0.2, 0) is 9.59 Å². The highest BCUT2D eigenvalue weighted by Crippen LogP contribution is 2.58. The summed E-state index contributed by atoms with van der Waals surface area (Å²) in [6.45, 7) is 4.39. The Balaban J connectivity index is 1.85. The van der Waals surface area contributed by atoms with E-state index in [0.717, 1.165) is 25.7 Å². The van der Waals surface area contributed by atoms with Gasteiger partial charge in [-0.05, 0) is 30.1 Å². The van der Waals surface area contributed by atoms with Gasteiger partial charge in [0.25, 0.3) is 0 Å². The number of carboxylic acids is 1. The van der Waals surface area contributed by atoms with Crippen LogP contribution in [0.4, 0.5) is 0 Å². The Kier molecular flexibility index (Phi) is 4.37. The molecule has 5 heteroatoms. The van der Waals surface area contributed by atoms with Gasteiger partial charge in [-0.2, -0.15) is 0 Å². The van der Waals surface area contributed by atoms with Gasteiger partial charge in [-0.15, -0.1) is 0 Å². The van der Waals surface area contributed by atoms with E-state index in [2.05, 4.69) is 5.32 Å². The average molecular weight is 283 g/mol. The van der Waals surface area contributed by atoms with Crippen molar-refractivity contribution in [2.45, 2.75) is 39.5 Å². The quantitative estimate of drug-likeness (QED) is 0.709. The van der Waals surface area contributed by atoms with Crippen molar-refractivity contribution in [3.63, 3.8) is 0 Å². The maximum atomic E-state index is 12.1. The summed E-state index contributed by atoms with van der Waals surface area (Å²) in [6, 6.07) is 0. The average Bonchev–Trinajstić information content (AvgIpc) is 2.99. The molecule has 114 valence electrons. The number of hydrogen-bond acceptors (Lipinski definition) is 3. The second-order valence-electron chi connectivity index (χ2n) is 6.85. The predicted octanol–water partition coefficient (Wildman–Crippen LogP) is 1.26. The fourth-order valence-electron chi connectivity index (χ4n) is 3.72. The van der Waals surface area contributed by atoms with Crippen molar-refractivity contribution in [3.8, 4) is 0 Å². The molecule has 0 bridgehead atoms. The molecule has 3 N–H and O–H groups in total. The molecule has 0 aromatic heterocycles. The summed E-state index contributed by atoms with van der Waals surface area (Å²) in [4.78, 5) is 23.2. The monoisotopic (exact) mass is 283 g/mol. The fraction of sp³-hybridized carbons (Fsp3) is 0.867. The van der Waals surface area contributed by atoms with Crippen molar-refractivity contribution in [2.75, 3.05) is 13.2 Å². The summed E-state index contributed by atoms with van der Waals surface area (Å²) >= 11 is 0. The van der Waals surface area contributed by atoms with Crippen LogP contribution in [0.1, 0.15) is 39.5 Å². The van der Waals surface area contributed by atoms with E-state index >= 15 is 0 Å². The summed E-state index contributed by atoms with van der Waals surface area (Å²) in [5.41, 5.74) is -0.446. The topological polar surface area (TPSA) is 86.6 Å². The van der Waals surface area contributed by atoms with Gasteiger partial charge in [-0.1, -0.05) is 26.7 Å². The first-order chi connectivity index (χ1) is 9.39. The van der Waals surface area contributed by atoms with Gasteiger partial charge in [0.2, 0.25) is 5.91 Å². The molecule has 2 aliphatic rings. The molecule has 1 amide bonds. The van der Waals surface area contributed by atoms with E-state index in [1.807, 2.05) is 13.8 Å². The highest BCUT2D eigenvalue weighted by molar-refractivity contribution is 5.91. The number of rotatable bonds is 5. The number of aliphatic hydroxyl groups is 1. The summed E-state index contributed by atoms with van der Waals surface area (Å²) in [5, 5.41) is 21.4. The molecule has 0 spiro atoms. The van der Waals surface area contributed by atoms with Crippen molar-refractivity contribution < 1.29 is 19.8 Å². The first-order valence-corrected chi connectivity index (χ1v) is 7.51. The zero-order chi connectivity index (χ0) is 14.9. The van der Waals surface area contributed by atoms with E-state index in [9.17, 15) is 14.7 Å². The Bertz CT molecular complexity index is 393. The molecule has 0 heterocycles. The lowest BCUT2D eigenvalue weighted by Gasteiger charge is -2.30. The first-order valence-electron chi connectivity index (χ1n) is 7.51. The Morgan fingerprint density at radius 3 is 2.25 bits per heavy atom. The van der Waals surface area contributed by atoms with Gasteiger partial charge in [-0.25, -0.2) is 0 Å². The minimum absolute atomic E-state index is 0.148. The van der Waals surface area contributed by atoms with E-state index in [0.29, 0.717) is 12.5 Å². The van der Waals surface area contributed by atoms with Crippen LogP contribution in [0.15, 0.2) is 0 Å². The number of amides is 1. The third-order valence-electron chi connectivity index (χ3n) is 5.22. The van der Waals surface area contributed by atoms with Crippen LogP contribution in [0, 0.1) is 29.1 Å². The second kappa shape index (κ2) is 5.72. The number of carboxylic acid groups (broad SMARTS) is 1. The molecule has 20 heavy (non-hydrogen) atoms. The molecular formula is C15H25NO4. The van der Waals surface area contributed by atoms with Gasteiger partial charge in [0.05, 0.1) is 11.8 Å². The van der Waals surface area contributed by atoms with E-state index in [1.165, 1.54) is 0 Å². The highest BCUT2D eigenvalue weighted by atomic mass is 16.4. The normalized spacial score (nSPS) is 35.4. The summed E-state index contributed by atoms with van der Waals surface area (Å²) in [6.07, 6.45) is 4.34. The van der Waals surface area contributed by atoms with Crippen LogP contribution < -0.4 is 5.32 Å². The lowest BCUT2D eigenvalue weighted by molar-refractivity contribution is -0.140. The Hall–Kier alpha value is -1.10. The largest absolute Gasteiger partial charge is 0.481 e. The summed E-state index contributed by atoms with van der Waals surface area (Å²) in [7, 11) is 0. The molecule has 2 rings (SSSR count). The molecule has 2 saturated carbocycles. The number of hydrogen-bond donors (Lipinski definition) is 3. The van der Waals surface area contributed by atoms with Crippen LogP contribution in [0.3, 0.4) is 0 Å². The Labute approximate surface area is 119 Å². The standard InChI is InChI=1S/C15H25NO4/c1-15(2)11(12(15)14(19)20)13(18)16-7-9-5-3-4-6-10(9)8-17/h9-12,17H,3-8H2,1-2H3,(H,16,18)(H,19,20). The minimum atomic E-state index is -0.888. The van der Waals surface area contributed by atoms with E-state index in [1.54, 1.807) is 0 Å². The van der Waals surface area contributed by atoms with Crippen molar-refractivity contribution in [1.82, 2.24) is 5.32 Å². The van der Waals surface area contributed by atoms with Gasteiger partial charge >= 0.3 is 5.97 Å².